The second-order valence-electron chi connectivity index (χ2n) is 8.29. The third-order valence-electron chi connectivity index (χ3n) is 4.62. The number of benzene rings is 2. The maximum absolute atomic E-state index is 13.6. The number of carbonyl (C=O) groups excluding carboxylic acids is 2. The van der Waals surface area contributed by atoms with E-state index in [2.05, 4.69) is 10.6 Å². The van der Waals surface area contributed by atoms with Crippen LogP contribution in [-0.2, 0) is 17.7 Å². The first-order valence-electron chi connectivity index (χ1n) is 10.2. The lowest BCUT2D eigenvalue weighted by Gasteiger charge is -2.31. The molecule has 0 aromatic heterocycles. The van der Waals surface area contributed by atoms with E-state index < -0.39 is 17.4 Å². The first-order valence-corrected chi connectivity index (χ1v) is 10.2. The average molecular weight is 429 g/mol. The molecule has 2 aromatic rings. The lowest BCUT2D eigenvalue weighted by molar-refractivity contribution is 0.0224. The minimum atomic E-state index is -0.539. The van der Waals surface area contributed by atoms with Crippen LogP contribution in [-0.4, -0.2) is 35.8 Å². The normalized spacial score (nSPS) is 13.3. The molecule has 0 aliphatic carbocycles. The topological polar surface area (TPSA) is 79.9 Å². The Hall–Kier alpha value is -3.29. The van der Waals surface area contributed by atoms with Crippen LogP contribution in [0.25, 0.3) is 0 Å². The van der Waals surface area contributed by atoms with E-state index in [0.717, 1.165) is 11.1 Å². The van der Waals surface area contributed by atoms with E-state index in [1.54, 1.807) is 11.0 Å². The van der Waals surface area contributed by atoms with Gasteiger partial charge in [-0.25, -0.2) is 14.0 Å². The standard InChI is InChI=1S/C23H28FN3O4/c1-5-30-20-9-7-17(24)13-19(20)26-21(28)25-18-8-6-16-14-27(11-10-15(16)12-18)22(29)31-23(2,3)4/h6-9,12-13H,5,10-11,14H2,1-4H3,(H2,25,26,28). The highest BCUT2D eigenvalue weighted by molar-refractivity contribution is 6.00. The zero-order valence-electron chi connectivity index (χ0n) is 18.3. The van der Waals surface area contributed by atoms with Gasteiger partial charge in [-0.1, -0.05) is 6.07 Å². The highest BCUT2D eigenvalue weighted by atomic mass is 19.1. The molecule has 2 N–H and O–H groups in total. The molecule has 0 bridgehead atoms. The van der Waals surface area contributed by atoms with Crippen molar-refractivity contribution in [1.82, 2.24) is 4.90 Å². The number of carbonyl (C=O) groups is 2. The number of halogens is 1. The molecule has 3 amide bonds. The number of fused-ring (bicyclic) bond motifs is 1. The lowest BCUT2D eigenvalue weighted by atomic mass is 9.99. The molecule has 1 aliphatic heterocycles. The highest BCUT2D eigenvalue weighted by Crippen LogP contribution is 2.27. The molecule has 1 heterocycles. The quantitative estimate of drug-likeness (QED) is 0.703. The summed E-state index contributed by atoms with van der Waals surface area (Å²) in [5.41, 5.74) is 2.38. The summed E-state index contributed by atoms with van der Waals surface area (Å²) in [4.78, 5) is 26.4. The zero-order valence-corrected chi connectivity index (χ0v) is 18.3. The largest absolute Gasteiger partial charge is 0.492 e. The molecule has 0 atom stereocenters. The molecular formula is C23H28FN3O4. The summed E-state index contributed by atoms with van der Waals surface area (Å²) in [7, 11) is 0. The number of nitrogens with zero attached hydrogens (tertiary/aromatic N) is 1. The number of hydrogen-bond donors (Lipinski definition) is 2. The smallest absolute Gasteiger partial charge is 0.410 e. The Balaban J connectivity index is 1.64. The molecule has 7 nitrogen and oxygen atoms in total. The molecule has 0 saturated carbocycles. The first-order chi connectivity index (χ1) is 14.6. The van der Waals surface area contributed by atoms with E-state index >= 15 is 0 Å². The van der Waals surface area contributed by atoms with Gasteiger partial charge < -0.3 is 25.0 Å². The molecule has 2 aromatic carbocycles. The van der Waals surface area contributed by atoms with Gasteiger partial charge in [0.05, 0.1) is 12.3 Å². The Labute approximate surface area is 181 Å². The van der Waals surface area contributed by atoms with Gasteiger partial charge >= 0.3 is 12.1 Å². The van der Waals surface area contributed by atoms with E-state index in [1.807, 2.05) is 39.8 Å². The van der Waals surface area contributed by atoms with E-state index in [9.17, 15) is 14.0 Å². The number of nitrogens with one attached hydrogen (secondary N) is 2. The van der Waals surface area contributed by atoms with Crippen LogP contribution in [0.4, 0.5) is 25.4 Å². The Morgan fingerprint density at radius 1 is 1.10 bits per heavy atom. The maximum atomic E-state index is 13.6. The Morgan fingerprint density at radius 2 is 1.87 bits per heavy atom. The van der Waals surface area contributed by atoms with Crippen LogP contribution in [0.5, 0.6) is 5.75 Å². The third-order valence-corrected chi connectivity index (χ3v) is 4.62. The summed E-state index contributed by atoms with van der Waals surface area (Å²) >= 11 is 0. The maximum Gasteiger partial charge on any atom is 0.410 e. The summed E-state index contributed by atoms with van der Waals surface area (Å²) in [5, 5.41) is 5.39. The number of urea groups is 1. The Bertz CT molecular complexity index is 972. The number of rotatable bonds is 4. The van der Waals surface area contributed by atoms with Crippen molar-refractivity contribution >= 4 is 23.5 Å². The number of ether oxygens (including phenoxy) is 2. The van der Waals surface area contributed by atoms with Gasteiger partial charge in [0, 0.05) is 24.8 Å². The second-order valence-corrected chi connectivity index (χ2v) is 8.29. The van der Waals surface area contributed by atoms with Crippen molar-refractivity contribution in [1.29, 1.82) is 0 Å². The lowest BCUT2D eigenvalue weighted by Crippen LogP contribution is -2.39. The van der Waals surface area contributed by atoms with Crippen LogP contribution in [0.1, 0.15) is 38.8 Å². The average Bonchev–Trinajstić information content (AvgIpc) is 2.68. The van der Waals surface area contributed by atoms with Crippen LogP contribution in [0.3, 0.4) is 0 Å². The van der Waals surface area contributed by atoms with E-state index in [-0.39, 0.29) is 11.8 Å². The molecule has 1 aliphatic rings. The molecule has 0 radical (unpaired) electrons. The molecular weight excluding hydrogens is 401 g/mol. The summed E-state index contributed by atoms with van der Waals surface area (Å²) in [6, 6.07) is 9.00. The van der Waals surface area contributed by atoms with Crippen molar-refractivity contribution in [2.24, 2.45) is 0 Å². The number of anilines is 2. The third kappa shape index (κ3) is 6.10. The van der Waals surface area contributed by atoms with Crippen molar-refractivity contribution < 1.29 is 23.5 Å². The fraction of sp³-hybridized carbons (Fsp3) is 0.391. The predicted molar refractivity (Wildman–Crippen MR) is 117 cm³/mol. The van der Waals surface area contributed by atoms with Gasteiger partial charge in [-0.3, -0.25) is 0 Å². The van der Waals surface area contributed by atoms with Crippen molar-refractivity contribution in [3.63, 3.8) is 0 Å². The summed E-state index contributed by atoms with van der Waals surface area (Å²) < 4.78 is 24.4. The van der Waals surface area contributed by atoms with Crippen LogP contribution < -0.4 is 15.4 Å². The molecule has 0 unspecified atom stereocenters. The minimum absolute atomic E-state index is 0.255. The molecule has 3 rings (SSSR count). The molecule has 0 saturated heterocycles. The summed E-state index contributed by atoms with van der Waals surface area (Å²) in [5.74, 6) is -0.0752. The van der Waals surface area contributed by atoms with Gasteiger partial charge in [0.25, 0.3) is 0 Å². The molecule has 166 valence electrons. The van der Waals surface area contributed by atoms with Gasteiger partial charge in [0.1, 0.15) is 17.2 Å². The number of amides is 3. The fourth-order valence-corrected chi connectivity index (χ4v) is 3.28. The first kappa shape index (κ1) is 22.4. The van der Waals surface area contributed by atoms with Gasteiger partial charge in [-0.2, -0.15) is 0 Å². The zero-order chi connectivity index (χ0) is 22.6. The summed E-state index contributed by atoms with van der Waals surface area (Å²) in [6.45, 7) is 8.72. The van der Waals surface area contributed by atoms with E-state index in [4.69, 9.17) is 9.47 Å². The highest BCUT2D eigenvalue weighted by Gasteiger charge is 2.25. The van der Waals surface area contributed by atoms with Crippen LogP contribution in [0.2, 0.25) is 0 Å². The molecule has 0 spiro atoms. The molecule has 8 heteroatoms. The van der Waals surface area contributed by atoms with Crippen molar-refractivity contribution in [3.05, 3.63) is 53.3 Å². The van der Waals surface area contributed by atoms with E-state index in [1.165, 1.54) is 18.2 Å². The summed E-state index contributed by atoms with van der Waals surface area (Å²) in [6.07, 6.45) is 0.323. The fourth-order valence-electron chi connectivity index (χ4n) is 3.28. The Kier molecular flexibility index (Phi) is 6.68. The monoisotopic (exact) mass is 429 g/mol. The SMILES string of the molecule is CCOc1ccc(F)cc1NC(=O)Nc1ccc2c(c1)CCN(C(=O)OC(C)(C)C)C2. The Morgan fingerprint density at radius 3 is 2.58 bits per heavy atom. The molecule has 31 heavy (non-hydrogen) atoms. The van der Waals surface area contributed by atoms with Crippen LogP contribution in [0.15, 0.2) is 36.4 Å². The second kappa shape index (κ2) is 9.24. The van der Waals surface area contributed by atoms with Crippen molar-refractivity contribution in [2.45, 2.75) is 46.3 Å². The number of hydrogen-bond acceptors (Lipinski definition) is 4. The van der Waals surface area contributed by atoms with Gasteiger partial charge in [-0.05, 0) is 69.5 Å². The van der Waals surface area contributed by atoms with Crippen LogP contribution >= 0.6 is 0 Å². The minimum Gasteiger partial charge on any atom is -0.492 e. The van der Waals surface area contributed by atoms with Crippen LogP contribution in [0, 0.1) is 5.82 Å². The van der Waals surface area contributed by atoms with Gasteiger partial charge in [-0.15, -0.1) is 0 Å². The predicted octanol–water partition coefficient (Wildman–Crippen LogP) is 5.16. The van der Waals surface area contributed by atoms with Gasteiger partial charge in [0.2, 0.25) is 0 Å². The molecule has 0 fully saturated rings. The van der Waals surface area contributed by atoms with E-state index in [0.29, 0.717) is 37.6 Å². The van der Waals surface area contributed by atoms with Gasteiger partial charge in [0.15, 0.2) is 0 Å². The van der Waals surface area contributed by atoms with Crippen molar-refractivity contribution in [2.75, 3.05) is 23.8 Å². The van der Waals surface area contributed by atoms with Crippen molar-refractivity contribution in [3.8, 4) is 5.75 Å².